The van der Waals surface area contributed by atoms with Crippen LogP contribution < -0.4 is 5.32 Å². The van der Waals surface area contributed by atoms with E-state index in [2.05, 4.69) is 36.4 Å². The first-order valence-electron chi connectivity index (χ1n) is 5.41. The molecule has 0 aliphatic carbocycles. The SMILES string of the molecule is Cc1cc(C)c(C2CCCNC2)cn1. The molecule has 2 nitrogen and oxygen atoms in total. The number of piperidine rings is 1. The Morgan fingerprint density at radius 1 is 1.43 bits per heavy atom. The van der Waals surface area contributed by atoms with Gasteiger partial charge in [-0.25, -0.2) is 0 Å². The molecule has 1 saturated heterocycles. The lowest BCUT2D eigenvalue weighted by Crippen LogP contribution is -2.28. The van der Waals surface area contributed by atoms with Gasteiger partial charge in [0.25, 0.3) is 0 Å². The first-order valence-corrected chi connectivity index (χ1v) is 5.41. The highest BCUT2D eigenvalue weighted by Gasteiger charge is 2.16. The molecule has 0 radical (unpaired) electrons. The molecular formula is C12H18N2. The van der Waals surface area contributed by atoms with E-state index in [1.165, 1.54) is 30.5 Å². The Balaban J connectivity index is 2.22. The van der Waals surface area contributed by atoms with Crippen molar-refractivity contribution < 1.29 is 0 Å². The Bertz CT molecular complexity index is 314. The minimum Gasteiger partial charge on any atom is -0.316 e. The Morgan fingerprint density at radius 2 is 2.29 bits per heavy atom. The molecule has 0 spiro atoms. The number of hydrogen-bond donors (Lipinski definition) is 1. The fourth-order valence-electron chi connectivity index (χ4n) is 2.25. The molecule has 1 aliphatic rings. The van der Waals surface area contributed by atoms with E-state index in [0.29, 0.717) is 5.92 Å². The van der Waals surface area contributed by atoms with Crippen molar-refractivity contribution in [3.63, 3.8) is 0 Å². The quantitative estimate of drug-likeness (QED) is 0.734. The highest BCUT2D eigenvalue weighted by Crippen LogP contribution is 2.25. The molecule has 1 N–H and O–H groups in total. The molecule has 2 heteroatoms. The van der Waals surface area contributed by atoms with Gasteiger partial charge in [0.1, 0.15) is 0 Å². The maximum atomic E-state index is 4.39. The van der Waals surface area contributed by atoms with E-state index in [9.17, 15) is 0 Å². The number of rotatable bonds is 1. The second-order valence-electron chi connectivity index (χ2n) is 4.23. The largest absolute Gasteiger partial charge is 0.316 e. The highest BCUT2D eigenvalue weighted by atomic mass is 14.9. The maximum Gasteiger partial charge on any atom is 0.0375 e. The van der Waals surface area contributed by atoms with Gasteiger partial charge in [0.2, 0.25) is 0 Å². The fourth-order valence-corrected chi connectivity index (χ4v) is 2.25. The van der Waals surface area contributed by atoms with Crippen molar-refractivity contribution in [2.24, 2.45) is 0 Å². The highest BCUT2D eigenvalue weighted by molar-refractivity contribution is 5.28. The minimum absolute atomic E-state index is 0.678. The Morgan fingerprint density at radius 3 is 2.93 bits per heavy atom. The average Bonchev–Trinajstić information content (AvgIpc) is 2.19. The van der Waals surface area contributed by atoms with Crippen molar-refractivity contribution in [3.8, 4) is 0 Å². The summed E-state index contributed by atoms with van der Waals surface area (Å²) < 4.78 is 0. The van der Waals surface area contributed by atoms with E-state index in [-0.39, 0.29) is 0 Å². The molecule has 2 rings (SSSR count). The third-order valence-corrected chi connectivity index (χ3v) is 3.02. The van der Waals surface area contributed by atoms with Gasteiger partial charge in [-0.05, 0) is 56.3 Å². The van der Waals surface area contributed by atoms with E-state index in [4.69, 9.17) is 0 Å². The first-order chi connectivity index (χ1) is 6.77. The van der Waals surface area contributed by atoms with E-state index in [0.717, 1.165) is 12.2 Å². The standard InChI is InChI=1S/C12H18N2/c1-9-6-10(2)14-8-12(9)11-4-3-5-13-7-11/h6,8,11,13H,3-5,7H2,1-2H3. The summed E-state index contributed by atoms with van der Waals surface area (Å²) in [7, 11) is 0. The Kier molecular flexibility index (Phi) is 2.82. The Hall–Kier alpha value is -0.890. The molecule has 2 heterocycles. The number of hydrogen-bond acceptors (Lipinski definition) is 2. The summed E-state index contributed by atoms with van der Waals surface area (Å²) in [5.74, 6) is 0.678. The van der Waals surface area contributed by atoms with Crippen LogP contribution in [0.15, 0.2) is 12.3 Å². The summed E-state index contributed by atoms with van der Waals surface area (Å²) in [6, 6.07) is 2.18. The summed E-state index contributed by atoms with van der Waals surface area (Å²) in [6.07, 6.45) is 4.65. The van der Waals surface area contributed by atoms with Crippen molar-refractivity contribution in [3.05, 3.63) is 29.1 Å². The van der Waals surface area contributed by atoms with Gasteiger partial charge in [-0.3, -0.25) is 4.98 Å². The summed E-state index contributed by atoms with van der Waals surface area (Å²) in [5.41, 5.74) is 3.95. The van der Waals surface area contributed by atoms with Gasteiger partial charge in [-0.2, -0.15) is 0 Å². The van der Waals surface area contributed by atoms with Gasteiger partial charge in [-0.1, -0.05) is 0 Å². The van der Waals surface area contributed by atoms with Crippen LogP contribution in [0.2, 0.25) is 0 Å². The molecule has 1 aromatic rings. The number of nitrogens with one attached hydrogen (secondary N) is 1. The van der Waals surface area contributed by atoms with E-state index >= 15 is 0 Å². The van der Waals surface area contributed by atoms with Gasteiger partial charge >= 0.3 is 0 Å². The number of aromatic nitrogens is 1. The molecule has 76 valence electrons. The third-order valence-electron chi connectivity index (χ3n) is 3.02. The van der Waals surface area contributed by atoms with Crippen LogP contribution in [-0.4, -0.2) is 18.1 Å². The summed E-state index contributed by atoms with van der Waals surface area (Å²) in [5, 5.41) is 3.45. The predicted molar refractivity (Wildman–Crippen MR) is 58.6 cm³/mol. The van der Waals surface area contributed by atoms with Crippen molar-refractivity contribution >= 4 is 0 Å². The molecule has 0 aromatic carbocycles. The molecule has 1 unspecified atom stereocenters. The van der Waals surface area contributed by atoms with Crippen LogP contribution in [0, 0.1) is 13.8 Å². The van der Waals surface area contributed by atoms with Gasteiger partial charge in [0, 0.05) is 18.4 Å². The minimum atomic E-state index is 0.678. The second-order valence-corrected chi connectivity index (χ2v) is 4.23. The van der Waals surface area contributed by atoms with Crippen molar-refractivity contribution in [2.75, 3.05) is 13.1 Å². The molecule has 1 atom stereocenters. The zero-order chi connectivity index (χ0) is 9.97. The average molecular weight is 190 g/mol. The molecule has 0 amide bonds. The normalized spacial score (nSPS) is 22.3. The molecule has 1 fully saturated rings. The number of aryl methyl sites for hydroxylation is 2. The third kappa shape index (κ3) is 1.95. The van der Waals surface area contributed by atoms with E-state index in [1.807, 2.05) is 0 Å². The van der Waals surface area contributed by atoms with Gasteiger partial charge in [-0.15, -0.1) is 0 Å². The molecule has 1 aromatic heterocycles. The zero-order valence-corrected chi connectivity index (χ0v) is 9.01. The lowest BCUT2D eigenvalue weighted by Gasteiger charge is -2.24. The lowest BCUT2D eigenvalue weighted by atomic mass is 9.90. The van der Waals surface area contributed by atoms with Gasteiger partial charge in [0.15, 0.2) is 0 Å². The summed E-state index contributed by atoms with van der Waals surface area (Å²) >= 11 is 0. The molecule has 0 bridgehead atoms. The zero-order valence-electron chi connectivity index (χ0n) is 9.01. The van der Waals surface area contributed by atoms with Crippen LogP contribution in [-0.2, 0) is 0 Å². The predicted octanol–water partition coefficient (Wildman–Crippen LogP) is 2.17. The summed E-state index contributed by atoms with van der Waals surface area (Å²) in [4.78, 5) is 4.39. The monoisotopic (exact) mass is 190 g/mol. The summed E-state index contributed by atoms with van der Waals surface area (Å²) in [6.45, 7) is 6.54. The fraction of sp³-hybridized carbons (Fsp3) is 0.583. The van der Waals surface area contributed by atoms with Gasteiger partial charge < -0.3 is 5.32 Å². The molecular weight excluding hydrogens is 172 g/mol. The molecule has 14 heavy (non-hydrogen) atoms. The van der Waals surface area contributed by atoms with Crippen molar-refractivity contribution in [2.45, 2.75) is 32.6 Å². The van der Waals surface area contributed by atoms with E-state index in [1.54, 1.807) is 0 Å². The van der Waals surface area contributed by atoms with E-state index < -0.39 is 0 Å². The van der Waals surface area contributed by atoms with Gasteiger partial charge in [0.05, 0.1) is 0 Å². The van der Waals surface area contributed by atoms with Crippen LogP contribution in [0.4, 0.5) is 0 Å². The lowest BCUT2D eigenvalue weighted by molar-refractivity contribution is 0.459. The maximum absolute atomic E-state index is 4.39. The second kappa shape index (κ2) is 4.09. The Labute approximate surface area is 85.7 Å². The number of pyridine rings is 1. The smallest absolute Gasteiger partial charge is 0.0375 e. The van der Waals surface area contributed by atoms with Crippen LogP contribution in [0.1, 0.15) is 35.6 Å². The first kappa shape index (κ1) is 9.66. The molecule has 1 aliphatic heterocycles. The van der Waals surface area contributed by atoms with Crippen LogP contribution in [0.25, 0.3) is 0 Å². The number of nitrogens with zero attached hydrogens (tertiary/aromatic N) is 1. The van der Waals surface area contributed by atoms with Crippen LogP contribution in [0.3, 0.4) is 0 Å². The van der Waals surface area contributed by atoms with Crippen LogP contribution in [0.5, 0.6) is 0 Å². The van der Waals surface area contributed by atoms with Crippen molar-refractivity contribution in [1.29, 1.82) is 0 Å². The molecule has 0 saturated carbocycles. The topological polar surface area (TPSA) is 24.9 Å². The van der Waals surface area contributed by atoms with Crippen LogP contribution >= 0.6 is 0 Å². The van der Waals surface area contributed by atoms with Crippen molar-refractivity contribution in [1.82, 2.24) is 10.3 Å².